The number of piperidine rings is 1. The molecule has 0 unspecified atom stereocenters. The maximum absolute atomic E-state index is 12.9. The third-order valence-electron chi connectivity index (χ3n) is 4.68. The smallest absolute Gasteiger partial charge is 0.230 e. The molecule has 12 heteroatoms. The molecule has 3 rings (SSSR count). The lowest BCUT2D eigenvalue weighted by molar-refractivity contribution is -0.120. The first-order valence-corrected chi connectivity index (χ1v) is 14.0. The molecule has 31 heavy (non-hydrogen) atoms. The summed E-state index contributed by atoms with van der Waals surface area (Å²) in [6, 6.07) is 4.75. The molecule has 2 aromatic rings. The second kappa shape index (κ2) is 10.8. The summed E-state index contributed by atoms with van der Waals surface area (Å²) in [4.78, 5) is 12.7. The van der Waals surface area contributed by atoms with Gasteiger partial charge in [-0.3, -0.25) is 4.79 Å². The number of nitrogens with one attached hydrogen (secondary N) is 1. The normalized spacial score (nSPS) is 17.8. The average molecular weight is 524 g/mol. The molecule has 0 radical (unpaired) electrons. The van der Waals surface area contributed by atoms with Crippen molar-refractivity contribution in [3.8, 4) is 0 Å². The summed E-state index contributed by atoms with van der Waals surface area (Å²) in [7, 11) is -3.63. The van der Waals surface area contributed by atoms with E-state index in [1.54, 1.807) is 23.9 Å². The first-order chi connectivity index (χ1) is 14.6. The Labute approximate surface area is 201 Å². The minimum Gasteiger partial charge on any atom is -0.300 e. The fourth-order valence-corrected chi connectivity index (χ4v) is 7.03. The Morgan fingerprint density at radius 3 is 2.84 bits per heavy atom. The number of sulfonamides is 1. The molecule has 0 saturated carbocycles. The number of carbonyl (C=O) groups excluding carboxylic acids is 1. The van der Waals surface area contributed by atoms with Gasteiger partial charge in [-0.1, -0.05) is 66.2 Å². The van der Waals surface area contributed by atoms with Crippen LogP contribution in [0.3, 0.4) is 0 Å². The topological polar surface area (TPSA) is 92.3 Å². The van der Waals surface area contributed by atoms with Crippen molar-refractivity contribution in [1.82, 2.24) is 14.5 Å². The van der Waals surface area contributed by atoms with Crippen molar-refractivity contribution >= 4 is 67.4 Å². The number of nitrogens with zero attached hydrogens (tertiary/aromatic N) is 3. The molecule has 1 aromatic carbocycles. The van der Waals surface area contributed by atoms with E-state index in [1.807, 2.05) is 0 Å². The summed E-state index contributed by atoms with van der Waals surface area (Å²) < 4.78 is 28.0. The average Bonchev–Trinajstić information content (AvgIpc) is 3.16. The van der Waals surface area contributed by atoms with Gasteiger partial charge in [-0.05, 0) is 36.5 Å². The van der Waals surface area contributed by atoms with Crippen LogP contribution >= 0.6 is 46.3 Å². The van der Waals surface area contributed by atoms with Crippen molar-refractivity contribution < 1.29 is 13.2 Å². The molecule has 1 N–H and O–H groups in total. The fraction of sp³-hybridized carbons (Fsp3) is 0.526. The highest BCUT2D eigenvalue weighted by atomic mass is 35.5. The molecule has 1 amide bonds. The minimum atomic E-state index is -3.63. The molecule has 1 saturated heterocycles. The molecule has 170 valence electrons. The van der Waals surface area contributed by atoms with Gasteiger partial charge in [0.2, 0.25) is 21.1 Å². The lowest BCUT2D eigenvalue weighted by Gasteiger charge is -2.31. The first kappa shape index (κ1) is 24.7. The van der Waals surface area contributed by atoms with Crippen LogP contribution in [0.2, 0.25) is 10.0 Å². The molecule has 1 atom stereocenters. The number of hydrogen-bond donors (Lipinski definition) is 1. The van der Waals surface area contributed by atoms with Crippen LogP contribution in [-0.2, 0) is 20.6 Å². The van der Waals surface area contributed by atoms with E-state index < -0.39 is 15.9 Å². The van der Waals surface area contributed by atoms with Crippen LogP contribution in [-0.4, -0.2) is 47.7 Å². The SMILES string of the molecule is CC(C)CSc1nnc(NC(=O)[C@H]2CCCN(S(=O)(=O)Cc3ccc(Cl)cc3Cl)C2)s1. The summed E-state index contributed by atoms with van der Waals surface area (Å²) in [6.45, 7) is 4.76. The van der Waals surface area contributed by atoms with Crippen LogP contribution in [0.25, 0.3) is 0 Å². The Balaban J connectivity index is 1.61. The van der Waals surface area contributed by atoms with Crippen LogP contribution < -0.4 is 5.32 Å². The number of hydrogen-bond acceptors (Lipinski definition) is 7. The number of anilines is 1. The van der Waals surface area contributed by atoms with Gasteiger partial charge in [-0.25, -0.2) is 12.7 Å². The number of benzene rings is 1. The van der Waals surface area contributed by atoms with Gasteiger partial charge in [0.15, 0.2) is 4.34 Å². The predicted molar refractivity (Wildman–Crippen MR) is 127 cm³/mol. The van der Waals surface area contributed by atoms with Gasteiger partial charge in [0.05, 0.1) is 11.7 Å². The van der Waals surface area contributed by atoms with Gasteiger partial charge < -0.3 is 5.32 Å². The summed E-state index contributed by atoms with van der Waals surface area (Å²) in [5.41, 5.74) is 0.484. The maximum atomic E-state index is 12.9. The number of amides is 1. The van der Waals surface area contributed by atoms with Crippen molar-refractivity contribution in [2.75, 3.05) is 24.2 Å². The second-order valence-electron chi connectivity index (χ2n) is 7.76. The molecule has 0 spiro atoms. The standard InChI is InChI=1S/C19H24Cl2N4O3S3/c1-12(2)10-29-19-24-23-18(30-19)22-17(26)13-4-3-7-25(9-13)31(27,28)11-14-5-6-15(20)8-16(14)21/h5-6,8,12-13H,3-4,7,9-11H2,1-2H3,(H,22,23,26)/t13-/m0/s1. The number of aromatic nitrogens is 2. The molecule has 0 aliphatic carbocycles. The van der Waals surface area contributed by atoms with Crippen molar-refractivity contribution in [3.63, 3.8) is 0 Å². The molecular formula is C19H24Cl2N4O3S3. The Bertz CT molecular complexity index is 1030. The van der Waals surface area contributed by atoms with Crippen LogP contribution in [0.4, 0.5) is 5.13 Å². The molecule has 1 aliphatic rings. The highest BCUT2D eigenvalue weighted by Crippen LogP contribution is 2.29. The molecule has 1 aliphatic heterocycles. The Morgan fingerprint density at radius 1 is 1.35 bits per heavy atom. The predicted octanol–water partition coefficient (Wildman–Crippen LogP) is 4.77. The van der Waals surface area contributed by atoms with Gasteiger partial charge in [-0.15, -0.1) is 10.2 Å². The summed E-state index contributed by atoms with van der Waals surface area (Å²) in [5, 5.41) is 12.1. The number of carbonyl (C=O) groups is 1. The van der Waals surface area contributed by atoms with Crippen LogP contribution in [0.1, 0.15) is 32.3 Å². The zero-order valence-corrected chi connectivity index (χ0v) is 21.1. The third kappa shape index (κ3) is 7.03. The molecule has 1 aromatic heterocycles. The zero-order valence-electron chi connectivity index (χ0n) is 17.2. The molecule has 1 fully saturated rings. The molecule has 0 bridgehead atoms. The summed E-state index contributed by atoms with van der Waals surface area (Å²) in [5.74, 6) is 0.547. The van der Waals surface area contributed by atoms with Gasteiger partial charge in [0.25, 0.3) is 0 Å². The third-order valence-corrected chi connectivity index (χ3v) is 9.46. The fourth-order valence-electron chi connectivity index (χ4n) is 3.10. The monoisotopic (exact) mass is 522 g/mol. The van der Waals surface area contributed by atoms with E-state index in [-0.39, 0.29) is 18.2 Å². The quantitative estimate of drug-likeness (QED) is 0.396. The lowest BCUT2D eigenvalue weighted by Crippen LogP contribution is -2.44. The largest absolute Gasteiger partial charge is 0.300 e. The Hall–Kier alpha value is -0.910. The van der Waals surface area contributed by atoms with E-state index >= 15 is 0 Å². The highest BCUT2D eigenvalue weighted by molar-refractivity contribution is 8.01. The number of thioether (sulfide) groups is 1. The number of rotatable bonds is 8. The van der Waals surface area contributed by atoms with Crippen LogP contribution in [0.5, 0.6) is 0 Å². The van der Waals surface area contributed by atoms with Crippen molar-refractivity contribution in [1.29, 1.82) is 0 Å². The second-order valence-corrected chi connectivity index (χ2v) is 12.8. The summed E-state index contributed by atoms with van der Waals surface area (Å²) >= 11 is 15.0. The van der Waals surface area contributed by atoms with Gasteiger partial charge >= 0.3 is 0 Å². The van der Waals surface area contributed by atoms with Gasteiger partial charge in [-0.2, -0.15) is 0 Å². The number of halogens is 2. The summed E-state index contributed by atoms with van der Waals surface area (Å²) in [6.07, 6.45) is 1.23. The van der Waals surface area contributed by atoms with E-state index in [0.717, 1.165) is 10.1 Å². The van der Waals surface area contributed by atoms with Gasteiger partial charge in [0.1, 0.15) is 0 Å². The molecule has 7 nitrogen and oxygen atoms in total. The van der Waals surface area contributed by atoms with Crippen molar-refractivity contribution in [2.24, 2.45) is 11.8 Å². The lowest BCUT2D eigenvalue weighted by atomic mass is 9.99. The van der Waals surface area contributed by atoms with Gasteiger partial charge in [0, 0.05) is 28.9 Å². The van der Waals surface area contributed by atoms with Crippen LogP contribution in [0.15, 0.2) is 22.5 Å². The minimum absolute atomic E-state index is 0.132. The van der Waals surface area contributed by atoms with E-state index in [1.165, 1.54) is 21.7 Å². The maximum Gasteiger partial charge on any atom is 0.230 e. The van der Waals surface area contributed by atoms with E-state index in [4.69, 9.17) is 23.2 Å². The zero-order chi connectivity index (χ0) is 22.6. The highest BCUT2D eigenvalue weighted by Gasteiger charge is 2.33. The Kier molecular flexibility index (Phi) is 8.62. The van der Waals surface area contributed by atoms with E-state index in [0.29, 0.717) is 46.0 Å². The Morgan fingerprint density at radius 2 is 2.13 bits per heavy atom. The first-order valence-electron chi connectivity index (χ1n) is 9.83. The van der Waals surface area contributed by atoms with Crippen molar-refractivity contribution in [3.05, 3.63) is 33.8 Å². The van der Waals surface area contributed by atoms with E-state index in [2.05, 4.69) is 29.4 Å². The van der Waals surface area contributed by atoms with Crippen LogP contribution in [0, 0.1) is 11.8 Å². The van der Waals surface area contributed by atoms with Crippen molar-refractivity contribution in [2.45, 2.75) is 36.8 Å². The van der Waals surface area contributed by atoms with E-state index in [9.17, 15) is 13.2 Å². The molecule has 2 heterocycles. The molecular weight excluding hydrogens is 499 g/mol.